The molecule has 1 amide bonds. The van der Waals surface area contributed by atoms with Crippen LogP contribution in [0, 0.1) is 0 Å². The van der Waals surface area contributed by atoms with Crippen LogP contribution in [0.4, 0.5) is 0 Å². The van der Waals surface area contributed by atoms with Crippen molar-refractivity contribution in [3.63, 3.8) is 0 Å². The van der Waals surface area contributed by atoms with Crippen LogP contribution in [0.5, 0.6) is 0 Å². The van der Waals surface area contributed by atoms with Crippen LogP contribution in [0.2, 0.25) is 5.02 Å². The molecule has 0 fully saturated rings. The normalized spacial score (nSPS) is 10.3. The summed E-state index contributed by atoms with van der Waals surface area (Å²) < 4.78 is 1.50. The van der Waals surface area contributed by atoms with Gasteiger partial charge in [-0.25, -0.2) is 4.68 Å². The summed E-state index contributed by atoms with van der Waals surface area (Å²) in [4.78, 5) is 11.2. The molecular weight excluding hydrogens is 272 g/mol. The molecule has 0 radical (unpaired) electrons. The number of aromatic nitrogens is 2. The molecule has 0 bridgehead atoms. The average molecular weight is 281 g/mol. The lowest BCUT2D eigenvalue weighted by Gasteiger charge is -2.05. The zero-order chi connectivity index (χ0) is 13.3. The predicted molar refractivity (Wildman–Crippen MR) is 73.0 cm³/mol. The number of thiocarbonyl (C=S) groups is 1. The molecular formula is C11H9ClN4OS. The van der Waals surface area contributed by atoms with Gasteiger partial charge in [-0.3, -0.25) is 4.79 Å². The van der Waals surface area contributed by atoms with Crippen LogP contribution in [-0.4, -0.2) is 20.7 Å². The van der Waals surface area contributed by atoms with Gasteiger partial charge in [0.25, 0.3) is 5.91 Å². The molecule has 0 aliphatic rings. The van der Waals surface area contributed by atoms with E-state index < -0.39 is 5.91 Å². The number of primary amides is 1. The number of benzene rings is 1. The van der Waals surface area contributed by atoms with Crippen molar-refractivity contribution in [1.82, 2.24) is 9.78 Å². The van der Waals surface area contributed by atoms with Gasteiger partial charge in [0.2, 0.25) is 0 Å². The Bertz CT molecular complexity index is 638. The monoisotopic (exact) mass is 280 g/mol. The smallest absolute Gasteiger partial charge is 0.251 e. The minimum atomic E-state index is -0.535. The number of rotatable bonds is 3. The second-order valence-corrected chi connectivity index (χ2v) is 4.41. The first-order valence-corrected chi connectivity index (χ1v) is 5.72. The first-order valence-electron chi connectivity index (χ1n) is 4.93. The summed E-state index contributed by atoms with van der Waals surface area (Å²) >= 11 is 10.9. The van der Waals surface area contributed by atoms with Crippen molar-refractivity contribution < 1.29 is 4.79 Å². The maximum Gasteiger partial charge on any atom is 0.251 e. The molecule has 0 saturated carbocycles. The Morgan fingerprint density at radius 1 is 1.39 bits per heavy atom. The molecule has 0 aliphatic heterocycles. The van der Waals surface area contributed by atoms with Crippen molar-refractivity contribution in [1.29, 1.82) is 0 Å². The molecule has 7 heteroatoms. The summed E-state index contributed by atoms with van der Waals surface area (Å²) in [6, 6.07) is 5.11. The van der Waals surface area contributed by atoms with E-state index in [-0.39, 0.29) is 4.99 Å². The van der Waals surface area contributed by atoms with Crippen molar-refractivity contribution in [2.45, 2.75) is 0 Å². The van der Waals surface area contributed by atoms with Crippen LogP contribution in [-0.2, 0) is 0 Å². The van der Waals surface area contributed by atoms with Crippen LogP contribution in [0.1, 0.15) is 15.9 Å². The van der Waals surface area contributed by atoms with Gasteiger partial charge in [-0.2, -0.15) is 5.10 Å². The lowest BCUT2D eigenvalue weighted by atomic mass is 10.2. The summed E-state index contributed by atoms with van der Waals surface area (Å²) in [5.41, 5.74) is 12.3. The first-order chi connectivity index (χ1) is 8.49. The van der Waals surface area contributed by atoms with Crippen molar-refractivity contribution >= 4 is 34.7 Å². The van der Waals surface area contributed by atoms with Crippen LogP contribution in [0.15, 0.2) is 30.6 Å². The van der Waals surface area contributed by atoms with Gasteiger partial charge in [0.1, 0.15) is 4.99 Å². The minimum Gasteiger partial charge on any atom is -0.389 e. The SMILES string of the molecule is NC(=O)c1cnn(-c2ccc(C(N)=S)c(Cl)c2)c1. The van der Waals surface area contributed by atoms with Gasteiger partial charge < -0.3 is 11.5 Å². The molecule has 92 valence electrons. The van der Waals surface area contributed by atoms with Gasteiger partial charge in [-0.05, 0) is 18.2 Å². The average Bonchev–Trinajstić information content (AvgIpc) is 2.77. The molecule has 2 rings (SSSR count). The van der Waals surface area contributed by atoms with Gasteiger partial charge in [-0.1, -0.05) is 23.8 Å². The highest BCUT2D eigenvalue weighted by Gasteiger charge is 2.08. The number of carbonyl (C=O) groups is 1. The predicted octanol–water partition coefficient (Wildman–Crippen LogP) is 1.26. The van der Waals surface area contributed by atoms with E-state index in [2.05, 4.69) is 5.10 Å². The number of nitrogens with two attached hydrogens (primary N) is 2. The number of hydrogen-bond donors (Lipinski definition) is 2. The Kier molecular flexibility index (Phi) is 3.31. The Balaban J connectivity index is 2.42. The van der Waals surface area contributed by atoms with Crippen LogP contribution in [0.25, 0.3) is 5.69 Å². The summed E-state index contributed by atoms with van der Waals surface area (Å²) in [5.74, 6) is -0.535. The summed E-state index contributed by atoms with van der Waals surface area (Å²) in [6.45, 7) is 0. The standard InChI is InChI=1S/C11H9ClN4OS/c12-9-3-7(1-2-8(9)11(14)18)16-5-6(4-15-16)10(13)17/h1-5H,(H2,13,17)(H2,14,18). The molecule has 1 aromatic heterocycles. The van der Waals surface area contributed by atoms with Crippen molar-refractivity contribution in [3.05, 3.63) is 46.7 Å². The fourth-order valence-corrected chi connectivity index (χ4v) is 1.95. The van der Waals surface area contributed by atoms with E-state index in [1.54, 1.807) is 18.2 Å². The molecule has 4 N–H and O–H groups in total. The number of carbonyl (C=O) groups excluding carboxylic acids is 1. The van der Waals surface area contributed by atoms with Crippen molar-refractivity contribution in [3.8, 4) is 5.69 Å². The van der Waals surface area contributed by atoms with Gasteiger partial charge in [0.15, 0.2) is 0 Å². The van der Waals surface area contributed by atoms with E-state index in [0.717, 1.165) is 0 Å². The van der Waals surface area contributed by atoms with Crippen molar-refractivity contribution in [2.75, 3.05) is 0 Å². The molecule has 0 spiro atoms. The van der Waals surface area contributed by atoms with E-state index in [9.17, 15) is 4.79 Å². The van der Waals surface area contributed by atoms with E-state index in [0.29, 0.717) is 21.8 Å². The maximum absolute atomic E-state index is 11.0. The Labute approximate surface area is 113 Å². The molecule has 5 nitrogen and oxygen atoms in total. The fraction of sp³-hybridized carbons (Fsp3) is 0. The minimum absolute atomic E-state index is 0.227. The molecule has 1 aromatic carbocycles. The first kappa shape index (κ1) is 12.5. The third-order valence-corrected chi connectivity index (χ3v) is 2.88. The van der Waals surface area contributed by atoms with Crippen LogP contribution >= 0.6 is 23.8 Å². The molecule has 0 aliphatic carbocycles. The zero-order valence-electron chi connectivity index (χ0n) is 9.13. The molecule has 18 heavy (non-hydrogen) atoms. The van der Waals surface area contributed by atoms with E-state index in [4.69, 9.17) is 35.3 Å². The van der Waals surface area contributed by atoms with Gasteiger partial charge in [0, 0.05) is 11.8 Å². The number of amides is 1. The number of halogens is 1. The third-order valence-electron chi connectivity index (χ3n) is 2.35. The Hall–Kier alpha value is -1.92. The highest BCUT2D eigenvalue weighted by molar-refractivity contribution is 7.80. The Morgan fingerprint density at radius 3 is 2.61 bits per heavy atom. The number of hydrogen-bond acceptors (Lipinski definition) is 3. The quantitative estimate of drug-likeness (QED) is 0.829. The molecule has 1 heterocycles. The highest BCUT2D eigenvalue weighted by atomic mass is 35.5. The van der Waals surface area contributed by atoms with E-state index in [1.165, 1.54) is 17.1 Å². The van der Waals surface area contributed by atoms with Crippen LogP contribution in [0.3, 0.4) is 0 Å². The lowest BCUT2D eigenvalue weighted by Crippen LogP contribution is -2.10. The molecule has 0 unspecified atom stereocenters. The largest absolute Gasteiger partial charge is 0.389 e. The van der Waals surface area contributed by atoms with Crippen molar-refractivity contribution in [2.24, 2.45) is 11.5 Å². The lowest BCUT2D eigenvalue weighted by molar-refractivity contribution is 0.100. The van der Waals surface area contributed by atoms with Crippen LogP contribution < -0.4 is 11.5 Å². The maximum atomic E-state index is 11.0. The highest BCUT2D eigenvalue weighted by Crippen LogP contribution is 2.20. The molecule has 0 atom stereocenters. The summed E-state index contributed by atoms with van der Waals surface area (Å²) in [5, 5.41) is 4.44. The van der Waals surface area contributed by atoms with E-state index in [1.807, 2.05) is 0 Å². The third kappa shape index (κ3) is 2.34. The zero-order valence-corrected chi connectivity index (χ0v) is 10.7. The number of nitrogens with zero attached hydrogens (tertiary/aromatic N) is 2. The summed E-state index contributed by atoms with van der Waals surface area (Å²) in [7, 11) is 0. The second-order valence-electron chi connectivity index (χ2n) is 3.57. The molecule has 0 saturated heterocycles. The van der Waals surface area contributed by atoms with Gasteiger partial charge >= 0.3 is 0 Å². The van der Waals surface area contributed by atoms with E-state index >= 15 is 0 Å². The second kappa shape index (κ2) is 4.75. The fourth-order valence-electron chi connectivity index (χ4n) is 1.44. The topological polar surface area (TPSA) is 86.9 Å². The molecule has 2 aromatic rings. The van der Waals surface area contributed by atoms with Gasteiger partial charge in [-0.15, -0.1) is 0 Å². The summed E-state index contributed by atoms with van der Waals surface area (Å²) in [6.07, 6.45) is 2.91. The Morgan fingerprint density at radius 2 is 2.11 bits per heavy atom. The van der Waals surface area contributed by atoms with Gasteiger partial charge in [0.05, 0.1) is 22.5 Å².